The highest BCUT2D eigenvalue weighted by Crippen LogP contribution is 2.24. The Bertz CT molecular complexity index is 753. The zero-order valence-corrected chi connectivity index (χ0v) is 16.8. The normalized spacial score (nSPS) is 23.6. The highest BCUT2D eigenvalue weighted by atomic mass is 35.5. The van der Waals surface area contributed by atoms with Gasteiger partial charge in [0, 0.05) is 10.6 Å². The lowest BCUT2D eigenvalue weighted by Gasteiger charge is -2.31. The molecule has 1 aliphatic carbocycles. The number of rotatable bonds is 5. The molecule has 4 heteroatoms. The number of hydrogen-bond donors (Lipinski definition) is 3. The summed E-state index contributed by atoms with van der Waals surface area (Å²) < 4.78 is 0. The van der Waals surface area contributed by atoms with Crippen molar-refractivity contribution in [3.63, 3.8) is 0 Å². The predicted molar refractivity (Wildman–Crippen MR) is 109 cm³/mol. The molecule has 1 heterocycles. The summed E-state index contributed by atoms with van der Waals surface area (Å²) in [6.07, 6.45) is 4.63. The van der Waals surface area contributed by atoms with Gasteiger partial charge in [-0.2, -0.15) is 0 Å². The number of aryl methyl sites for hydroxylation is 2. The lowest BCUT2D eigenvalue weighted by molar-refractivity contribution is -1.02. The lowest BCUT2D eigenvalue weighted by atomic mass is 9.89. The van der Waals surface area contributed by atoms with E-state index < -0.39 is 0 Å². The van der Waals surface area contributed by atoms with Crippen LogP contribution in [-0.2, 0) is 19.4 Å². The van der Waals surface area contributed by atoms with Gasteiger partial charge in [-0.25, -0.2) is 0 Å². The standard InChI is InChI=1S/C23H29ClN2O/c24-22-9-5-18(6-10-22)16-25-11-13-26(14-12-25)17-23(27)21-8-7-19-3-1-2-4-20(19)15-21/h5-10,15,23,27H,1-4,11-14,16-17H2/p+2/t23-/m1/s1. The van der Waals surface area contributed by atoms with Crippen LogP contribution in [0, 0.1) is 0 Å². The molecular formula is C23H31ClN2O+2. The average molecular weight is 387 g/mol. The third-order valence-electron chi connectivity index (χ3n) is 6.27. The van der Waals surface area contributed by atoms with Crippen LogP contribution in [0.2, 0.25) is 5.02 Å². The average Bonchev–Trinajstić information content (AvgIpc) is 2.71. The Labute approximate surface area is 167 Å². The van der Waals surface area contributed by atoms with E-state index in [0.29, 0.717) is 0 Å². The molecule has 0 spiro atoms. The minimum atomic E-state index is -0.343. The van der Waals surface area contributed by atoms with Crippen LogP contribution in [0.5, 0.6) is 0 Å². The first-order valence-corrected chi connectivity index (χ1v) is 10.8. The summed E-state index contributed by atoms with van der Waals surface area (Å²) in [6, 6.07) is 14.9. The predicted octanol–water partition coefficient (Wildman–Crippen LogP) is 1.24. The van der Waals surface area contributed by atoms with Gasteiger partial charge in [-0.3, -0.25) is 0 Å². The van der Waals surface area contributed by atoms with E-state index in [2.05, 4.69) is 30.3 Å². The van der Waals surface area contributed by atoms with Gasteiger partial charge in [-0.15, -0.1) is 0 Å². The fraction of sp³-hybridized carbons (Fsp3) is 0.478. The van der Waals surface area contributed by atoms with E-state index in [1.807, 2.05) is 12.1 Å². The first-order valence-electron chi connectivity index (χ1n) is 10.4. The maximum atomic E-state index is 10.8. The molecule has 1 saturated heterocycles. The molecule has 1 fully saturated rings. The smallest absolute Gasteiger partial charge is 0.128 e. The zero-order chi connectivity index (χ0) is 18.6. The van der Waals surface area contributed by atoms with Crippen LogP contribution in [0.25, 0.3) is 0 Å². The summed E-state index contributed by atoms with van der Waals surface area (Å²) in [5.41, 5.74) is 5.42. The van der Waals surface area contributed by atoms with Gasteiger partial charge in [0.25, 0.3) is 0 Å². The second-order valence-electron chi connectivity index (χ2n) is 8.26. The first kappa shape index (κ1) is 18.9. The van der Waals surface area contributed by atoms with Crippen LogP contribution in [-0.4, -0.2) is 37.8 Å². The molecule has 2 aromatic carbocycles. The van der Waals surface area contributed by atoms with Crippen molar-refractivity contribution in [2.24, 2.45) is 0 Å². The molecule has 0 saturated carbocycles. The lowest BCUT2D eigenvalue weighted by Crippen LogP contribution is -3.27. The quantitative estimate of drug-likeness (QED) is 0.709. The zero-order valence-electron chi connectivity index (χ0n) is 16.0. The SMILES string of the molecule is O[C@H](C[NH+]1CC[NH+](Cc2ccc(Cl)cc2)CC1)c1ccc2c(c1)CCCC2. The van der Waals surface area contributed by atoms with Gasteiger partial charge >= 0.3 is 0 Å². The second kappa shape index (κ2) is 8.74. The number of hydrogen-bond acceptors (Lipinski definition) is 1. The molecular weight excluding hydrogens is 356 g/mol. The molecule has 3 N–H and O–H groups in total. The summed E-state index contributed by atoms with van der Waals surface area (Å²) in [7, 11) is 0. The number of quaternary nitrogens is 2. The van der Waals surface area contributed by atoms with Crippen LogP contribution >= 0.6 is 11.6 Å². The number of benzene rings is 2. The molecule has 144 valence electrons. The van der Waals surface area contributed by atoms with Crippen LogP contribution in [0.1, 0.15) is 41.2 Å². The molecule has 1 aliphatic heterocycles. The Morgan fingerprint density at radius 1 is 0.852 bits per heavy atom. The van der Waals surface area contributed by atoms with Crippen molar-refractivity contribution >= 4 is 11.6 Å². The van der Waals surface area contributed by atoms with E-state index in [9.17, 15) is 5.11 Å². The molecule has 2 aliphatic rings. The first-order chi connectivity index (χ1) is 13.2. The number of halogens is 1. The van der Waals surface area contributed by atoms with Crippen molar-refractivity contribution in [2.75, 3.05) is 32.7 Å². The number of nitrogens with one attached hydrogen (secondary N) is 2. The molecule has 1 atom stereocenters. The number of fused-ring (bicyclic) bond motifs is 1. The Morgan fingerprint density at radius 2 is 1.52 bits per heavy atom. The monoisotopic (exact) mass is 386 g/mol. The summed E-state index contributed by atoms with van der Waals surface area (Å²) in [5, 5.41) is 11.6. The molecule has 3 nitrogen and oxygen atoms in total. The summed E-state index contributed by atoms with van der Waals surface area (Å²) >= 11 is 5.98. The number of piperazine rings is 1. The Balaban J connectivity index is 1.28. The second-order valence-corrected chi connectivity index (χ2v) is 8.69. The molecule has 4 rings (SSSR count). The van der Waals surface area contributed by atoms with Crippen LogP contribution in [0.4, 0.5) is 0 Å². The molecule has 0 amide bonds. The largest absolute Gasteiger partial charge is 0.382 e. The molecule has 2 aromatic rings. The summed E-state index contributed by atoms with van der Waals surface area (Å²) in [6.45, 7) is 6.48. The van der Waals surface area contributed by atoms with E-state index in [4.69, 9.17) is 11.6 Å². The van der Waals surface area contributed by atoms with E-state index in [1.54, 1.807) is 4.90 Å². The fourth-order valence-electron chi connectivity index (χ4n) is 4.58. The van der Waals surface area contributed by atoms with Crippen molar-refractivity contribution in [1.29, 1.82) is 0 Å². The maximum absolute atomic E-state index is 10.8. The van der Waals surface area contributed by atoms with Gasteiger partial charge in [-0.1, -0.05) is 41.9 Å². The Kier molecular flexibility index (Phi) is 6.14. The van der Waals surface area contributed by atoms with Crippen LogP contribution < -0.4 is 9.80 Å². The Morgan fingerprint density at radius 3 is 2.26 bits per heavy atom. The minimum absolute atomic E-state index is 0.343. The third-order valence-corrected chi connectivity index (χ3v) is 6.52. The van der Waals surface area contributed by atoms with Gasteiger partial charge < -0.3 is 14.9 Å². The van der Waals surface area contributed by atoms with Crippen molar-refractivity contribution in [3.8, 4) is 0 Å². The molecule has 0 radical (unpaired) electrons. The Hall–Kier alpha value is -1.39. The summed E-state index contributed by atoms with van der Waals surface area (Å²) in [5.74, 6) is 0. The van der Waals surface area contributed by atoms with E-state index in [0.717, 1.165) is 49.9 Å². The number of aliphatic hydroxyl groups excluding tert-OH is 1. The van der Waals surface area contributed by atoms with Gasteiger partial charge in [0.15, 0.2) is 0 Å². The number of aliphatic hydroxyl groups is 1. The van der Waals surface area contributed by atoms with Gasteiger partial charge in [-0.05, 0) is 54.5 Å². The third kappa shape index (κ3) is 4.91. The van der Waals surface area contributed by atoms with Crippen molar-refractivity contribution < 1.29 is 14.9 Å². The van der Waals surface area contributed by atoms with Crippen LogP contribution in [0.15, 0.2) is 42.5 Å². The topological polar surface area (TPSA) is 29.1 Å². The van der Waals surface area contributed by atoms with Crippen molar-refractivity contribution in [3.05, 3.63) is 69.7 Å². The van der Waals surface area contributed by atoms with E-state index in [1.165, 1.54) is 47.3 Å². The minimum Gasteiger partial charge on any atom is -0.382 e. The van der Waals surface area contributed by atoms with Gasteiger partial charge in [0.1, 0.15) is 45.4 Å². The van der Waals surface area contributed by atoms with Gasteiger partial charge in [0.2, 0.25) is 0 Å². The molecule has 27 heavy (non-hydrogen) atoms. The highest BCUT2D eigenvalue weighted by Gasteiger charge is 2.26. The maximum Gasteiger partial charge on any atom is 0.128 e. The molecule has 0 aromatic heterocycles. The summed E-state index contributed by atoms with van der Waals surface area (Å²) in [4.78, 5) is 3.16. The van der Waals surface area contributed by atoms with E-state index >= 15 is 0 Å². The van der Waals surface area contributed by atoms with Crippen molar-refractivity contribution in [1.82, 2.24) is 0 Å². The fourth-order valence-corrected chi connectivity index (χ4v) is 4.71. The molecule has 0 unspecified atom stereocenters. The van der Waals surface area contributed by atoms with E-state index in [-0.39, 0.29) is 6.10 Å². The van der Waals surface area contributed by atoms with Crippen LogP contribution in [0.3, 0.4) is 0 Å². The molecule has 0 bridgehead atoms. The van der Waals surface area contributed by atoms with Gasteiger partial charge in [0.05, 0.1) is 0 Å². The van der Waals surface area contributed by atoms with Crippen molar-refractivity contribution in [2.45, 2.75) is 38.3 Å². The highest BCUT2D eigenvalue weighted by molar-refractivity contribution is 6.30.